The number of hydrogen-bond donors (Lipinski definition) is 1. The molecule has 0 amide bonds. The van der Waals surface area contributed by atoms with Gasteiger partial charge in [-0.3, -0.25) is 4.79 Å². The molecule has 0 bridgehead atoms. The number of ketones is 1. The van der Waals surface area contributed by atoms with E-state index in [9.17, 15) is 4.79 Å². The van der Waals surface area contributed by atoms with Crippen LogP contribution in [-0.2, 0) is 0 Å². The van der Waals surface area contributed by atoms with Crippen molar-refractivity contribution in [3.63, 3.8) is 0 Å². The van der Waals surface area contributed by atoms with Crippen molar-refractivity contribution in [3.05, 3.63) is 18.1 Å². The number of nitrogens with zero attached hydrogens (tertiary/aromatic N) is 2. The highest BCUT2D eigenvalue weighted by Crippen LogP contribution is 2.06. The van der Waals surface area contributed by atoms with Gasteiger partial charge >= 0.3 is 0 Å². The number of hydrogen-bond acceptors (Lipinski definition) is 4. The van der Waals surface area contributed by atoms with Gasteiger partial charge < -0.3 is 4.98 Å². The number of Topliss-reactive ketones (excluding diaryl/α,β-unsaturated/α-hetero) is 1. The van der Waals surface area contributed by atoms with Gasteiger partial charge in [-0.15, -0.1) is 0 Å². The molecule has 0 spiro atoms. The van der Waals surface area contributed by atoms with Gasteiger partial charge in [0.25, 0.3) is 0 Å². The molecule has 0 aromatic carbocycles. The predicted molar refractivity (Wildman–Crippen MR) is 64.1 cm³/mol. The summed E-state index contributed by atoms with van der Waals surface area (Å²) in [6.45, 7) is 2.12. The minimum Gasteiger partial charge on any atom is -0.404 e. The largest absolute Gasteiger partial charge is 0.404 e. The first kappa shape index (κ1) is 11.8. The number of unbranched alkanes of at least 4 members (excludes halogenated alkanes) is 2. The Morgan fingerprint density at radius 1 is 1.53 bits per heavy atom. The van der Waals surface area contributed by atoms with Crippen LogP contribution in [0.3, 0.4) is 0 Å². The quantitative estimate of drug-likeness (QED) is 0.443. The number of carbonyl (C=O) groups excluding carboxylic acids is 1. The SMILES string of the molecule is CCCCCC(=O)c1nccc(N[SiH3])n1. The van der Waals surface area contributed by atoms with E-state index in [0.29, 0.717) is 12.2 Å². The van der Waals surface area contributed by atoms with Crippen molar-refractivity contribution in [2.75, 3.05) is 4.98 Å². The number of rotatable bonds is 6. The van der Waals surface area contributed by atoms with Crippen LogP contribution in [0.15, 0.2) is 12.3 Å². The summed E-state index contributed by atoms with van der Waals surface area (Å²) in [5, 5.41) is 0. The fourth-order valence-corrected chi connectivity index (χ4v) is 1.56. The molecule has 0 saturated carbocycles. The Morgan fingerprint density at radius 2 is 2.33 bits per heavy atom. The van der Waals surface area contributed by atoms with Crippen LogP contribution >= 0.6 is 0 Å². The lowest BCUT2D eigenvalue weighted by Gasteiger charge is -2.02. The molecule has 0 atom stereocenters. The third kappa shape index (κ3) is 3.79. The Labute approximate surface area is 93.0 Å². The van der Waals surface area contributed by atoms with Gasteiger partial charge in [0, 0.05) is 12.6 Å². The molecule has 0 aliphatic heterocycles. The fraction of sp³-hybridized carbons (Fsp3) is 0.500. The number of anilines is 1. The first-order chi connectivity index (χ1) is 7.27. The summed E-state index contributed by atoms with van der Waals surface area (Å²) in [6.07, 6.45) is 5.32. The molecule has 0 fully saturated rings. The lowest BCUT2D eigenvalue weighted by Crippen LogP contribution is -2.07. The van der Waals surface area contributed by atoms with Crippen molar-refractivity contribution >= 4 is 22.0 Å². The van der Waals surface area contributed by atoms with Gasteiger partial charge in [-0.05, 0) is 12.5 Å². The topological polar surface area (TPSA) is 54.9 Å². The minimum atomic E-state index is 0.0437. The highest BCUT2D eigenvalue weighted by atomic mass is 28.2. The fourth-order valence-electron chi connectivity index (χ4n) is 1.28. The van der Waals surface area contributed by atoms with Crippen molar-refractivity contribution in [2.24, 2.45) is 0 Å². The molecule has 1 aromatic heterocycles. The lowest BCUT2D eigenvalue weighted by molar-refractivity contribution is 0.0969. The number of nitrogens with one attached hydrogen (secondary N) is 1. The first-order valence-corrected chi connectivity index (χ1v) is 6.32. The van der Waals surface area contributed by atoms with E-state index in [2.05, 4.69) is 21.9 Å². The third-order valence-electron chi connectivity index (χ3n) is 2.17. The monoisotopic (exact) mass is 223 g/mol. The molecule has 5 heteroatoms. The first-order valence-electron chi connectivity index (χ1n) is 5.32. The van der Waals surface area contributed by atoms with Crippen LogP contribution < -0.4 is 4.98 Å². The van der Waals surface area contributed by atoms with Crippen LogP contribution in [0.4, 0.5) is 5.82 Å². The van der Waals surface area contributed by atoms with Gasteiger partial charge in [-0.25, -0.2) is 9.97 Å². The van der Waals surface area contributed by atoms with Crippen molar-refractivity contribution < 1.29 is 4.79 Å². The van der Waals surface area contributed by atoms with E-state index in [-0.39, 0.29) is 5.78 Å². The van der Waals surface area contributed by atoms with E-state index in [1.54, 1.807) is 12.3 Å². The second kappa shape index (κ2) is 6.29. The highest BCUT2D eigenvalue weighted by molar-refractivity contribution is 6.15. The molecule has 1 N–H and O–H groups in total. The van der Waals surface area contributed by atoms with Crippen molar-refractivity contribution in [2.45, 2.75) is 32.6 Å². The normalized spacial score (nSPS) is 10.2. The molecule has 82 valence electrons. The standard InChI is InChI=1S/C10H17N3OSi/c1-2-3-4-5-8(14)10-11-7-6-9(12-10)13-15/h6-7H,2-5H2,1,15H3,(H,11,12,13). The van der Waals surface area contributed by atoms with Crippen LogP contribution in [-0.4, -0.2) is 26.2 Å². The van der Waals surface area contributed by atoms with Gasteiger partial charge in [-0.2, -0.15) is 0 Å². The van der Waals surface area contributed by atoms with Crippen LogP contribution in [0.25, 0.3) is 0 Å². The zero-order valence-corrected chi connectivity index (χ0v) is 11.3. The molecular weight excluding hydrogens is 206 g/mol. The predicted octanol–water partition coefficient (Wildman–Crippen LogP) is 0.932. The number of aromatic nitrogens is 2. The maximum absolute atomic E-state index is 11.6. The second-order valence-electron chi connectivity index (χ2n) is 3.40. The molecule has 0 saturated heterocycles. The average Bonchev–Trinajstić information content (AvgIpc) is 2.29. The maximum atomic E-state index is 11.6. The second-order valence-corrected chi connectivity index (χ2v) is 3.90. The lowest BCUT2D eigenvalue weighted by atomic mass is 10.1. The van der Waals surface area contributed by atoms with Crippen LogP contribution in [0.5, 0.6) is 0 Å². The van der Waals surface area contributed by atoms with E-state index in [0.717, 1.165) is 35.5 Å². The summed E-state index contributed by atoms with van der Waals surface area (Å²) in [5.41, 5.74) is 0. The van der Waals surface area contributed by atoms with Crippen LogP contribution in [0.1, 0.15) is 43.2 Å². The third-order valence-corrected chi connectivity index (χ3v) is 2.68. The van der Waals surface area contributed by atoms with Gasteiger partial charge in [0.05, 0.1) is 0 Å². The van der Waals surface area contributed by atoms with Crippen molar-refractivity contribution in [1.29, 1.82) is 0 Å². The maximum Gasteiger partial charge on any atom is 0.200 e. The molecule has 0 aliphatic rings. The Kier molecular flexibility index (Phi) is 4.96. The van der Waals surface area contributed by atoms with Gasteiger partial charge in [0.15, 0.2) is 11.6 Å². The van der Waals surface area contributed by atoms with E-state index in [1.165, 1.54) is 0 Å². The molecule has 15 heavy (non-hydrogen) atoms. The Bertz CT molecular complexity index is 330. The summed E-state index contributed by atoms with van der Waals surface area (Å²) in [4.78, 5) is 22.8. The van der Waals surface area contributed by atoms with Gasteiger partial charge in [0.1, 0.15) is 16.2 Å². The minimum absolute atomic E-state index is 0.0437. The molecule has 1 heterocycles. The summed E-state index contributed by atoms with van der Waals surface area (Å²) >= 11 is 0. The van der Waals surface area contributed by atoms with Crippen LogP contribution in [0.2, 0.25) is 0 Å². The Morgan fingerprint density at radius 3 is 3.00 bits per heavy atom. The zero-order chi connectivity index (χ0) is 11.1. The van der Waals surface area contributed by atoms with E-state index < -0.39 is 0 Å². The molecule has 1 rings (SSSR count). The Balaban J connectivity index is 2.57. The van der Waals surface area contributed by atoms with E-state index in [4.69, 9.17) is 0 Å². The average molecular weight is 223 g/mol. The molecule has 0 aliphatic carbocycles. The summed E-state index contributed by atoms with van der Waals surface area (Å²) in [6, 6.07) is 1.77. The van der Waals surface area contributed by atoms with Crippen molar-refractivity contribution in [3.8, 4) is 0 Å². The van der Waals surface area contributed by atoms with E-state index >= 15 is 0 Å². The van der Waals surface area contributed by atoms with Gasteiger partial charge in [-0.1, -0.05) is 19.8 Å². The smallest absolute Gasteiger partial charge is 0.200 e. The summed E-state index contributed by atoms with van der Waals surface area (Å²) < 4.78 is 0. The zero-order valence-electron chi connectivity index (χ0n) is 9.29. The summed E-state index contributed by atoms with van der Waals surface area (Å²) in [7, 11) is 0.822. The molecule has 0 radical (unpaired) electrons. The molecule has 1 aromatic rings. The molecule has 0 unspecified atom stereocenters. The van der Waals surface area contributed by atoms with Crippen molar-refractivity contribution in [1.82, 2.24) is 9.97 Å². The highest BCUT2D eigenvalue weighted by Gasteiger charge is 2.08. The van der Waals surface area contributed by atoms with Gasteiger partial charge in [0.2, 0.25) is 0 Å². The molecular formula is C10H17N3OSi. The summed E-state index contributed by atoms with van der Waals surface area (Å²) in [5.74, 6) is 1.13. The van der Waals surface area contributed by atoms with E-state index in [1.807, 2.05) is 0 Å². The van der Waals surface area contributed by atoms with Crippen LogP contribution in [0, 0.1) is 0 Å². The number of carbonyl (C=O) groups is 1. The molecule has 4 nitrogen and oxygen atoms in total. The Hall–Kier alpha value is -1.23.